The molecule has 2 unspecified atom stereocenters. The zero-order valence-electron chi connectivity index (χ0n) is 13.8. The van der Waals surface area contributed by atoms with Gasteiger partial charge in [0.05, 0.1) is 6.20 Å². The van der Waals surface area contributed by atoms with Gasteiger partial charge in [-0.25, -0.2) is 4.39 Å². The Bertz CT molecular complexity index is 818. The molecule has 6 heteroatoms. The molecule has 25 heavy (non-hydrogen) atoms. The van der Waals surface area contributed by atoms with Gasteiger partial charge in [0.2, 0.25) is 0 Å². The van der Waals surface area contributed by atoms with Crippen molar-refractivity contribution in [3.63, 3.8) is 0 Å². The van der Waals surface area contributed by atoms with Crippen LogP contribution in [0.15, 0.2) is 65.2 Å². The van der Waals surface area contributed by atoms with Crippen molar-refractivity contribution in [3.8, 4) is 0 Å². The minimum atomic E-state index is -0.856. The first-order valence-corrected chi connectivity index (χ1v) is 8.05. The van der Waals surface area contributed by atoms with Crippen LogP contribution in [0.1, 0.15) is 30.9 Å². The van der Waals surface area contributed by atoms with E-state index in [1.165, 1.54) is 12.1 Å². The number of carboxylic acids is 1. The third kappa shape index (κ3) is 3.20. The number of benzene rings is 1. The molecule has 2 heterocycles. The highest BCUT2D eigenvalue weighted by Gasteiger charge is 2.45. The number of carboxylic acid groups (broad SMARTS) is 1. The van der Waals surface area contributed by atoms with Gasteiger partial charge in [-0.2, -0.15) is 10.2 Å². The smallest absolute Gasteiger partial charge is 0.303 e. The summed E-state index contributed by atoms with van der Waals surface area (Å²) in [6.45, 7) is 1.95. The molecule has 0 saturated heterocycles. The molecule has 3 rings (SSSR count). The Labute approximate surface area is 145 Å². The van der Waals surface area contributed by atoms with Crippen LogP contribution in [0.2, 0.25) is 0 Å². The topological polar surface area (TPSA) is 74.9 Å². The van der Waals surface area contributed by atoms with Crippen LogP contribution in [0, 0.1) is 11.7 Å². The quantitative estimate of drug-likeness (QED) is 0.846. The average molecular weight is 339 g/mol. The second-order valence-corrected chi connectivity index (χ2v) is 6.10. The Hall–Kier alpha value is -2.89. The van der Waals surface area contributed by atoms with Crippen molar-refractivity contribution < 1.29 is 14.3 Å². The fourth-order valence-corrected chi connectivity index (χ4v) is 3.27. The van der Waals surface area contributed by atoms with E-state index in [4.69, 9.17) is 5.11 Å². The summed E-state index contributed by atoms with van der Waals surface area (Å²) >= 11 is 0. The van der Waals surface area contributed by atoms with Gasteiger partial charge in [0, 0.05) is 24.4 Å². The molecular formula is C19H18FN3O2. The lowest BCUT2D eigenvalue weighted by molar-refractivity contribution is -0.137. The van der Waals surface area contributed by atoms with E-state index in [1.54, 1.807) is 30.7 Å². The van der Waals surface area contributed by atoms with Crippen molar-refractivity contribution >= 4 is 11.5 Å². The first-order valence-electron chi connectivity index (χ1n) is 8.05. The molecule has 1 aliphatic heterocycles. The van der Waals surface area contributed by atoms with Gasteiger partial charge >= 0.3 is 5.97 Å². The van der Waals surface area contributed by atoms with E-state index < -0.39 is 11.5 Å². The zero-order chi connectivity index (χ0) is 17.9. The molecule has 0 saturated carbocycles. The average Bonchev–Trinajstić information content (AvgIpc) is 3.07. The molecule has 1 N–H and O–H groups in total. The van der Waals surface area contributed by atoms with Crippen LogP contribution in [0.5, 0.6) is 0 Å². The maximum absolute atomic E-state index is 13.4. The van der Waals surface area contributed by atoms with Crippen LogP contribution in [-0.4, -0.2) is 16.1 Å². The van der Waals surface area contributed by atoms with E-state index in [0.29, 0.717) is 6.42 Å². The van der Waals surface area contributed by atoms with Gasteiger partial charge in [0.25, 0.3) is 0 Å². The largest absolute Gasteiger partial charge is 0.481 e. The number of pyridine rings is 1. The van der Waals surface area contributed by atoms with Crippen LogP contribution >= 0.6 is 0 Å². The third-order valence-electron chi connectivity index (χ3n) is 4.59. The summed E-state index contributed by atoms with van der Waals surface area (Å²) in [6, 6.07) is 9.88. The molecule has 0 spiro atoms. The summed E-state index contributed by atoms with van der Waals surface area (Å²) in [4.78, 5) is 15.1. The molecular weight excluding hydrogens is 321 g/mol. The lowest BCUT2D eigenvalue weighted by atomic mass is 9.71. The van der Waals surface area contributed by atoms with Crippen molar-refractivity contribution in [2.24, 2.45) is 16.1 Å². The highest BCUT2D eigenvalue weighted by Crippen LogP contribution is 2.50. The highest BCUT2D eigenvalue weighted by atomic mass is 19.1. The number of rotatable bonds is 6. The molecule has 1 aromatic carbocycles. The number of azo groups is 1. The number of halogens is 1. The molecule has 0 amide bonds. The van der Waals surface area contributed by atoms with Crippen LogP contribution in [0.3, 0.4) is 0 Å². The zero-order valence-corrected chi connectivity index (χ0v) is 13.8. The van der Waals surface area contributed by atoms with E-state index in [-0.39, 0.29) is 18.2 Å². The molecule has 0 fully saturated rings. The fraction of sp³-hybridized carbons (Fsp3) is 0.263. The lowest BCUT2D eigenvalue weighted by Gasteiger charge is -2.35. The van der Waals surface area contributed by atoms with Crippen molar-refractivity contribution in [3.05, 3.63) is 71.9 Å². The van der Waals surface area contributed by atoms with Gasteiger partial charge in [-0.3, -0.25) is 9.78 Å². The summed E-state index contributed by atoms with van der Waals surface area (Å²) in [7, 11) is 0. The van der Waals surface area contributed by atoms with Gasteiger partial charge in [-0.15, -0.1) is 0 Å². The maximum Gasteiger partial charge on any atom is 0.303 e. The van der Waals surface area contributed by atoms with Crippen molar-refractivity contribution in [1.82, 2.24) is 4.98 Å². The standard InChI is InChI=1S/C19H18FN3O2/c1-13(2-7-18(24)25)19(15-3-5-16(20)6-4-15)17(12-22-23-19)14-8-10-21-11-9-14/h3-6,8-13H,2,7H2,1H3,(H,24,25). The van der Waals surface area contributed by atoms with Gasteiger partial charge in [0.1, 0.15) is 11.4 Å². The number of hydrogen-bond acceptors (Lipinski definition) is 4. The Morgan fingerprint density at radius 1 is 1.20 bits per heavy atom. The van der Waals surface area contributed by atoms with E-state index in [0.717, 1.165) is 16.7 Å². The molecule has 5 nitrogen and oxygen atoms in total. The predicted molar refractivity (Wildman–Crippen MR) is 91.2 cm³/mol. The molecule has 2 atom stereocenters. The fourth-order valence-electron chi connectivity index (χ4n) is 3.27. The van der Waals surface area contributed by atoms with Gasteiger partial charge in [-0.05, 0) is 47.7 Å². The number of aromatic nitrogens is 1. The maximum atomic E-state index is 13.4. The molecule has 2 aromatic rings. The molecule has 128 valence electrons. The predicted octanol–water partition coefficient (Wildman–Crippen LogP) is 4.42. The van der Waals surface area contributed by atoms with Crippen LogP contribution in [0.25, 0.3) is 5.57 Å². The first-order chi connectivity index (χ1) is 12.0. The summed E-state index contributed by atoms with van der Waals surface area (Å²) in [5.74, 6) is -1.33. The molecule has 0 aliphatic carbocycles. The second kappa shape index (κ2) is 6.93. The van der Waals surface area contributed by atoms with Gasteiger partial charge in [0.15, 0.2) is 0 Å². The van der Waals surface area contributed by atoms with Crippen LogP contribution in [0.4, 0.5) is 4.39 Å². The Balaban J connectivity index is 2.09. The monoisotopic (exact) mass is 339 g/mol. The summed E-state index contributed by atoms with van der Waals surface area (Å²) in [5.41, 5.74) is 1.71. The van der Waals surface area contributed by atoms with Crippen molar-refractivity contribution in [2.45, 2.75) is 25.3 Å². The first kappa shape index (κ1) is 17.0. The van der Waals surface area contributed by atoms with Gasteiger partial charge in [-0.1, -0.05) is 19.1 Å². The molecule has 1 aliphatic rings. The number of carbonyl (C=O) groups is 1. The third-order valence-corrected chi connectivity index (χ3v) is 4.59. The molecule has 0 bridgehead atoms. The van der Waals surface area contributed by atoms with Crippen molar-refractivity contribution in [1.29, 1.82) is 0 Å². The summed E-state index contributed by atoms with van der Waals surface area (Å²) in [5, 5.41) is 17.7. The Morgan fingerprint density at radius 2 is 1.88 bits per heavy atom. The second-order valence-electron chi connectivity index (χ2n) is 6.10. The molecule has 1 aromatic heterocycles. The SMILES string of the molecule is CC(CCC(=O)O)C1(c2ccc(F)cc2)N=NC=C1c1ccncc1. The van der Waals surface area contributed by atoms with Crippen molar-refractivity contribution in [2.75, 3.05) is 0 Å². The van der Waals surface area contributed by atoms with E-state index in [9.17, 15) is 9.18 Å². The number of nitrogens with zero attached hydrogens (tertiary/aromatic N) is 3. The minimum absolute atomic E-state index is 0.0310. The molecule has 0 radical (unpaired) electrons. The Morgan fingerprint density at radius 3 is 2.52 bits per heavy atom. The number of hydrogen-bond donors (Lipinski definition) is 1. The number of aliphatic carboxylic acids is 1. The summed E-state index contributed by atoms with van der Waals surface area (Å²) in [6.07, 6.45) is 5.52. The lowest BCUT2D eigenvalue weighted by Crippen LogP contribution is -2.32. The van der Waals surface area contributed by atoms with Crippen LogP contribution < -0.4 is 0 Å². The van der Waals surface area contributed by atoms with Crippen LogP contribution in [-0.2, 0) is 10.3 Å². The van der Waals surface area contributed by atoms with E-state index in [2.05, 4.69) is 15.2 Å². The highest BCUT2D eigenvalue weighted by molar-refractivity contribution is 5.76. The summed E-state index contributed by atoms with van der Waals surface area (Å²) < 4.78 is 13.4. The van der Waals surface area contributed by atoms with E-state index in [1.807, 2.05) is 19.1 Å². The minimum Gasteiger partial charge on any atom is -0.481 e. The van der Waals surface area contributed by atoms with E-state index >= 15 is 0 Å². The normalized spacial score (nSPS) is 20.3. The Kier molecular flexibility index (Phi) is 4.70. The van der Waals surface area contributed by atoms with Gasteiger partial charge < -0.3 is 5.11 Å².